The first-order valence-electron chi connectivity index (χ1n) is 9.64. The molecule has 2 aliphatic carbocycles. The van der Waals surface area contributed by atoms with Gasteiger partial charge in [-0.15, -0.1) is 0 Å². The van der Waals surface area contributed by atoms with Gasteiger partial charge in [-0.3, -0.25) is 5.10 Å². The van der Waals surface area contributed by atoms with Crippen molar-refractivity contribution in [2.24, 2.45) is 5.73 Å². The second-order valence-electron chi connectivity index (χ2n) is 7.47. The van der Waals surface area contributed by atoms with Crippen LogP contribution in [-0.4, -0.2) is 39.9 Å². The Balaban J connectivity index is 1.41. The van der Waals surface area contributed by atoms with Crippen LogP contribution in [0.15, 0.2) is 6.07 Å². The quantitative estimate of drug-likeness (QED) is 0.702. The number of H-pyrrole nitrogens is 1. The van der Waals surface area contributed by atoms with Crippen LogP contribution in [0.1, 0.15) is 60.1 Å². The highest BCUT2D eigenvalue weighted by Crippen LogP contribution is 2.35. The molecule has 2 heterocycles. The zero-order chi connectivity index (χ0) is 17.9. The zero-order valence-electron chi connectivity index (χ0n) is 15.4. The topological polar surface area (TPSA) is 102 Å². The van der Waals surface area contributed by atoms with Crippen LogP contribution in [0.25, 0.3) is 0 Å². The Bertz CT molecular complexity index is 752. The molecule has 2 aliphatic rings. The first-order valence-corrected chi connectivity index (χ1v) is 9.64. The Morgan fingerprint density at radius 3 is 2.92 bits per heavy atom. The Hall–Kier alpha value is -1.99. The fourth-order valence-electron chi connectivity index (χ4n) is 3.98. The second kappa shape index (κ2) is 7.72. The van der Waals surface area contributed by atoms with Crippen LogP contribution in [0.5, 0.6) is 0 Å². The molecule has 0 bridgehead atoms. The van der Waals surface area contributed by atoms with Crippen molar-refractivity contribution in [2.75, 3.05) is 19.0 Å². The van der Waals surface area contributed by atoms with Gasteiger partial charge < -0.3 is 15.8 Å². The van der Waals surface area contributed by atoms with E-state index in [0.717, 1.165) is 56.0 Å². The molecular formula is C19H28N6O. The number of methoxy groups -OCH3 is 1. The maximum Gasteiger partial charge on any atom is 0.156 e. The molecule has 4 N–H and O–H groups in total. The summed E-state index contributed by atoms with van der Waals surface area (Å²) in [6.07, 6.45) is 7.73. The summed E-state index contributed by atoms with van der Waals surface area (Å²) in [5, 5.41) is 11.2. The van der Waals surface area contributed by atoms with Gasteiger partial charge in [0.05, 0.1) is 5.69 Å². The third-order valence-electron chi connectivity index (χ3n) is 5.47. The SMILES string of the molecule is COCc1nc(NCCc2n[nH]c3c2CCCC3)cc(C2CC(N)C2)n1. The van der Waals surface area contributed by atoms with Gasteiger partial charge in [-0.25, -0.2) is 9.97 Å². The van der Waals surface area contributed by atoms with Crippen LogP contribution in [-0.2, 0) is 30.6 Å². The first-order chi connectivity index (χ1) is 12.7. The number of hydrogen-bond donors (Lipinski definition) is 3. The van der Waals surface area contributed by atoms with Crippen LogP contribution in [0.2, 0.25) is 0 Å². The maximum absolute atomic E-state index is 5.94. The minimum absolute atomic E-state index is 0.308. The summed E-state index contributed by atoms with van der Waals surface area (Å²) in [7, 11) is 1.67. The van der Waals surface area contributed by atoms with E-state index in [0.29, 0.717) is 18.6 Å². The highest BCUT2D eigenvalue weighted by molar-refractivity contribution is 5.38. The van der Waals surface area contributed by atoms with E-state index in [4.69, 9.17) is 10.5 Å². The van der Waals surface area contributed by atoms with Crippen molar-refractivity contribution >= 4 is 5.82 Å². The van der Waals surface area contributed by atoms with Gasteiger partial charge in [0, 0.05) is 49.5 Å². The third-order valence-corrected chi connectivity index (χ3v) is 5.47. The minimum atomic E-state index is 0.308. The minimum Gasteiger partial charge on any atom is -0.377 e. The summed E-state index contributed by atoms with van der Waals surface area (Å²) in [6, 6.07) is 2.37. The predicted molar refractivity (Wildman–Crippen MR) is 100 cm³/mol. The number of nitrogens with one attached hydrogen (secondary N) is 2. The van der Waals surface area contributed by atoms with Crippen LogP contribution >= 0.6 is 0 Å². The number of aromatic amines is 1. The monoisotopic (exact) mass is 356 g/mol. The molecule has 1 saturated carbocycles. The molecular weight excluding hydrogens is 328 g/mol. The summed E-state index contributed by atoms with van der Waals surface area (Å²) in [5.41, 5.74) is 11.0. The molecule has 0 amide bonds. The third kappa shape index (κ3) is 3.73. The first kappa shape index (κ1) is 17.4. The highest BCUT2D eigenvalue weighted by Gasteiger charge is 2.29. The number of aromatic nitrogens is 4. The summed E-state index contributed by atoms with van der Waals surface area (Å²) in [6.45, 7) is 1.23. The van der Waals surface area contributed by atoms with Crippen molar-refractivity contribution < 1.29 is 4.74 Å². The van der Waals surface area contributed by atoms with Crippen LogP contribution in [0, 0.1) is 0 Å². The summed E-state index contributed by atoms with van der Waals surface area (Å²) >= 11 is 0. The average Bonchev–Trinajstić information content (AvgIpc) is 3.02. The van der Waals surface area contributed by atoms with E-state index in [9.17, 15) is 0 Å². The Morgan fingerprint density at radius 2 is 2.12 bits per heavy atom. The predicted octanol–water partition coefficient (Wildman–Crippen LogP) is 2.08. The molecule has 0 aromatic carbocycles. The largest absolute Gasteiger partial charge is 0.377 e. The van der Waals surface area contributed by atoms with Crippen LogP contribution < -0.4 is 11.1 Å². The number of rotatable bonds is 7. The van der Waals surface area contributed by atoms with Crippen molar-refractivity contribution in [1.29, 1.82) is 0 Å². The number of aryl methyl sites for hydroxylation is 1. The number of ether oxygens (including phenoxy) is 1. The van der Waals surface area contributed by atoms with E-state index in [1.165, 1.54) is 29.8 Å². The molecule has 4 rings (SSSR count). The van der Waals surface area contributed by atoms with Crippen molar-refractivity contribution in [3.8, 4) is 0 Å². The highest BCUT2D eigenvalue weighted by atomic mass is 16.5. The molecule has 0 radical (unpaired) electrons. The van der Waals surface area contributed by atoms with Gasteiger partial charge in [-0.05, 0) is 44.1 Å². The van der Waals surface area contributed by atoms with Crippen LogP contribution in [0.3, 0.4) is 0 Å². The van der Waals surface area contributed by atoms with Crippen molar-refractivity contribution in [1.82, 2.24) is 20.2 Å². The number of anilines is 1. The summed E-state index contributed by atoms with van der Waals surface area (Å²) in [5.74, 6) is 2.04. The molecule has 7 heteroatoms. The lowest BCUT2D eigenvalue weighted by Gasteiger charge is -2.32. The summed E-state index contributed by atoms with van der Waals surface area (Å²) < 4.78 is 5.22. The molecule has 0 spiro atoms. The molecule has 2 aromatic heterocycles. The van der Waals surface area contributed by atoms with Gasteiger partial charge in [-0.1, -0.05) is 0 Å². The van der Waals surface area contributed by atoms with E-state index in [2.05, 4.69) is 31.5 Å². The van der Waals surface area contributed by atoms with E-state index in [1.54, 1.807) is 7.11 Å². The smallest absolute Gasteiger partial charge is 0.156 e. The van der Waals surface area contributed by atoms with Gasteiger partial charge in [0.25, 0.3) is 0 Å². The second-order valence-corrected chi connectivity index (χ2v) is 7.47. The van der Waals surface area contributed by atoms with E-state index in [-0.39, 0.29) is 0 Å². The molecule has 7 nitrogen and oxygen atoms in total. The van der Waals surface area contributed by atoms with Crippen molar-refractivity contribution in [3.05, 3.63) is 34.5 Å². The van der Waals surface area contributed by atoms with Gasteiger partial charge in [-0.2, -0.15) is 5.10 Å². The fourth-order valence-corrected chi connectivity index (χ4v) is 3.98. The lowest BCUT2D eigenvalue weighted by Crippen LogP contribution is -2.35. The molecule has 140 valence electrons. The Morgan fingerprint density at radius 1 is 1.27 bits per heavy atom. The molecule has 2 aromatic rings. The number of nitrogens with zero attached hydrogens (tertiary/aromatic N) is 3. The molecule has 26 heavy (non-hydrogen) atoms. The Kier molecular flexibility index (Phi) is 5.17. The lowest BCUT2D eigenvalue weighted by molar-refractivity contribution is 0.177. The molecule has 0 saturated heterocycles. The number of nitrogens with two attached hydrogens (primary N) is 1. The fraction of sp³-hybridized carbons (Fsp3) is 0.632. The molecule has 0 atom stereocenters. The summed E-state index contributed by atoms with van der Waals surface area (Å²) in [4.78, 5) is 9.23. The number of hydrogen-bond acceptors (Lipinski definition) is 6. The van der Waals surface area contributed by atoms with E-state index < -0.39 is 0 Å². The molecule has 0 aliphatic heterocycles. The van der Waals surface area contributed by atoms with Gasteiger partial charge >= 0.3 is 0 Å². The van der Waals surface area contributed by atoms with Crippen molar-refractivity contribution in [3.63, 3.8) is 0 Å². The molecule has 1 fully saturated rings. The Labute approximate surface area is 154 Å². The zero-order valence-corrected chi connectivity index (χ0v) is 15.4. The maximum atomic E-state index is 5.94. The standard InChI is InChI=1S/C19H28N6O/c1-26-11-19-22-17(12-8-13(20)9-12)10-18(23-19)21-7-6-16-14-4-2-3-5-15(14)24-25-16/h10,12-13H,2-9,11,20H2,1H3,(H,24,25)(H,21,22,23). The van der Waals surface area contributed by atoms with Crippen LogP contribution in [0.4, 0.5) is 5.82 Å². The van der Waals surface area contributed by atoms with Crippen molar-refractivity contribution in [2.45, 2.75) is 63.5 Å². The van der Waals surface area contributed by atoms with Gasteiger partial charge in [0.1, 0.15) is 12.4 Å². The molecule has 0 unspecified atom stereocenters. The lowest BCUT2D eigenvalue weighted by atomic mass is 9.78. The normalized spacial score (nSPS) is 21.9. The van der Waals surface area contributed by atoms with Gasteiger partial charge in [0.15, 0.2) is 5.82 Å². The number of fused-ring (bicyclic) bond motifs is 1. The van der Waals surface area contributed by atoms with Gasteiger partial charge in [0.2, 0.25) is 0 Å². The van der Waals surface area contributed by atoms with E-state index >= 15 is 0 Å². The average molecular weight is 356 g/mol. The van der Waals surface area contributed by atoms with E-state index in [1.807, 2.05) is 0 Å².